The molecule has 1 rings (SSSR count). The summed E-state index contributed by atoms with van der Waals surface area (Å²) in [6, 6.07) is 0. The molecule has 0 saturated heterocycles. The highest BCUT2D eigenvalue weighted by molar-refractivity contribution is 5.92. The third-order valence-corrected chi connectivity index (χ3v) is 4.43. The fraction of sp³-hybridized carbons (Fsp3) is 0.652. The van der Waals surface area contributed by atoms with E-state index in [1.54, 1.807) is 27.7 Å². The van der Waals surface area contributed by atoms with Crippen molar-refractivity contribution in [2.24, 2.45) is 5.92 Å². The smallest absolute Gasteiger partial charge is 0.331 e. The normalized spacial score (nSPS) is 15.4. The molecule has 1 aliphatic rings. The largest absolute Gasteiger partial charge is 1.00 e. The van der Waals surface area contributed by atoms with Crippen molar-refractivity contribution in [3.8, 4) is 0 Å². The van der Waals surface area contributed by atoms with E-state index in [1.807, 2.05) is 0 Å². The molecule has 0 N–H and O–H groups in total. The lowest BCUT2D eigenvalue weighted by molar-refractivity contribution is -0.154. The number of carbonyl (C=O) groups is 4. The molecule has 1 fully saturated rings. The number of rotatable bonds is 11. The van der Waals surface area contributed by atoms with Crippen LogP contribution in [0.25, 0.3) is 0 Å². The quantitative estimate of drug-likeness (QED) is 0.242. The Morgan fingerprint density at radius 2 is 1.16 bits per heavy atom. The van der Waals surface area contributed by atoms with Crippen molar-refractivity contribution < 1.29 is 50.5 Å². The lowest BCUT2D eigenvalue weighted by Crippen LogP contribution is -3.00. The van der Waals surface area contributed by atoms with E-state index in [-0.39, 0.29) is 31.2 Å². The Hall–Kier alpha value is -2.35. The van der Waals surface area contributed by atoms with Crippen molar-refractivity contribution in [1.82, 2.24) is 0 Å². The van der Waals surface area contributed by atoms with Gasteiger partial charge in [-0.25, -0.2) is 19.2 Å². The summed E-state index contributed by atoms with van der Waals surface area (Å²) in [6.07, 6.45) is 8.78. The van der Waals surface area contributed by atoms with Crippen LogP contribution in [0.2, 0.25) is 0 Å². The lowest BCUT2D eigenvalue weighted by atomic mass is 9.85. The summed E-state index contributed by atoms with van der Waals surface area (Å²) < 4.78 is 20.4. The first kappa shape index (κ1) is 29.7. The molecule has 0 aromatic carbocycles. The third-order valence-electron chi connectivity index (χ3n) is 4.43. The van der Waals surface area contributed by atoms with Gasteiger partial charge in [0.2, 0.25) is 0 Å². The van der Waals surface area contributed by atoms with Crippen molar-refractivity contribution in [3.05, 3.63) is 24.3 Å². The SMILES string of the molecule is CC(C)OC(=O)/C=C/C(=O)OCC(CC1CCCCC1)OC(=O)/C=C/C(=O)OC(C)C.[Cl-]. The van der Waals surface area contributed by atoms with Gasteiger partial charge in [0.1, 0.15) is 12.7 Å². The minimum Gasteiger partial charge on any atom is -1.00 e. The number of hydrogen-bond acceptors (Lipinski definition) is 8. The Balaban J connectivity index is 0.00000961. The van der Waals surface area contributed by atoms with Crippen LogP contribution >= 0.6 is 0 Å². The van der Waals surface area contributed by atoms with Crippen LogP contribution in [0.5, 0.6) is 0 Å². The molecule has 0 aromatic rings. The van der Waals surface area contributed by atoms with Crippen LogP contribution in [0, 0.1) is 5.92 Å². The highest BCUT2D eigenvalue weighted by atomic mass is 35.5. The summed E-state index contributed by atoms with van der Waals surface area (Å²) in [6.45, 7) is 6.66. The molecule has 9 heteroatoms. The van der Waals surface area contributed by atoms with Crippen LogP contribution in [-0.4, -0.2) is 48.8 Å². The number of ether oxygens (including phenoxy) is 4. The molecule has 1 aliphatic carbocycles. The fourth-order valence-corrected chi connectivity index (χ4v) is 3.19. The number of halogens is 1. The van der Waals surface area contributed by atoms with Crippen LogP contribution < -0.4 is 12.4 Å². The standard InChI is InChI=1S/C23H34O8.ClH/c1-16(2)29-21(25)11-10-20(24)28-15-19(14-18-8-6-5-7-9-18)31-23(27)13-12-22(26)30-17(3)4;/h10-13,16-19H,5-9,14-15H2,1-4H3;1H/p-1/b11-10+,13-12+;. The molecule has 0 aromatic heterocycles. The summed E-state index contributed by atoms with van der Waals surface area (Å²) in [5, 5.41) is 0. The first-order valence-electron chi connectivity index (χ1n) is 10.8. The number of esters is 4. The Morgan fingerprint density at radius 1 is 0.719 bits per heavy atom. The van der Waals surface area contributed by atoms with Crippen LogP contribution in [-0.2, 0) is 38.1 Å². The maximum absolute atomic E-state index is 12.1. The van der Waals surface area contributed by atoms with Gasteiger partial charge in [-0.2, -0.15) is 0 Å². The van der Waals surface area contributed by atoms with Crippen molar-refractivity contribution in [3.63, 3.8) is 0 Å². The van der Waals surface area contributed by atoms with Crippen molar-refractivity contribution in [2.45, 2.75) is 84.5 Å². The molecule has 0 spiro atoms. The van der Waals surface area contributed by atoms with E-state index in [9.17, 15) is 19.2 Å². The van der Waals surface area contributed by atoms with Crippen molar-refractivity contribution in [1.29, 1.82) is 0 Å². The van der Waals surface area contributed by atoms with Crippen LogP contribution in [0.3, 0.4) is 0 Å². The van der Waals surface area contributed by atoms with Gasteiger partial charge in [0, 0.05) is 24.3 Å². The maximum Gasteiger partial charge on any atom is 0.331 e. The fourth-order valence-electron chi connectivity index (χ4n) is 3.19. The first-order chi connectivity index (χ1) is 14.7. The van der Waals surface area contributed by atoms with Gasteiger partial charge in [-0.15, -0.1) is 0 Å². The molecule has 0 heterocycles. The van der Waals surface area contributed by atoms with Gasteiger partial charge in [0.15, 0.2) is 0 Å². The minimum atomic E-state index is -0.735. The molecule has 1 unspecified atom stereocenters. The summed E-state index contributed by atoms with van der Waals surface area (Å²) in [5.41, 5.74) is 0. The zero-order valence-corrected chi connectivity index (χ0v) is 20.0. The van der Waals surface area contributed by atoms with Gasteiger partial charge >= 0.3 is 23.9 Å². The molecule has 8 nitrogen and oxygen atoms in total. The van der Waals surface area contributed by atoms with Crippen molar-refractivity contribution in [2.75, 3.05) is 6.61 Å². The molecular weight excluding hydrogens is 440 g/mol. The van der Waals surface area contributed by atoms with Crippen LogP contribution in [0.15, 0.2) is 24.3 Å². The summed E-state index contributed by atoms with van der Waals surface area (Å²) in [4.78, 5) is 47.0. The molecule has 182 valence electrons. The maximum atomic E-state index is 12.1. The van der Waals surface area contributed by atoms with Crippen LogP contribution in [0.1, 0.15) is 66.2 Å². The summed E-state index contributed by atoms with van der Waals surface area (Å²) in [5.74, 6) is -2.36. The second-order valence-electron chi connectivity index (χ2n) is 8.07. The molecule has 1 atom stereocenters. The Bertz CT molecular complexity index is 663. The average molecular weight is 474 g/mol. The highest BCUT2D eigenvalue weighted by Gasteiger charge is 2.23. The van der Waals surface area contributed by atoms with Gasteiger partial charge in [-0.3, -0.25) is 0 Å². The van der Waals surface area contributed by atoms with E-state index in [0.717, 1.165) is 50.0 Å². The number of carbonyl (C=O) groups excluding carboxylic acids is 4. The molecule has 1 saturated carbocycles. The predicted octanol–water partition coefficient (Wildman–Crippen LogP) is 0.431. The Morgan fingerprint density at radius 3 is 1.62 bits per heavy atom. The molecule has 0 bridgehead atoms. The second-order valence-corrected chi connectivity index (χ2v) is 8.07. The third kappa shape index (κ3) is 14.6. The van der Waals surface area contributed by atoms with Gasteiger partial charge in [-0.1, -0.05) is 32.1 Å². The van der Waals surface area contributed by atoms with E-state index >= 15 is 0 Å². The number of hydrogen-bond donors (Lipinski definition) is 0. The summed E-state index contributed by atoms with van der Waals surface area (Å²) >= 11 is 0. The molecule has 32 heavy (non-hydrogen) atoms. The molecule has 0 amide bonds. The van der Waals surface area contributed by atoms with Gasteiger partial charge in [-0.05, 0) is 40.0 Å². The summed E-state index contributed by atoms with van der Waals surface area (Å²) in [7, 11) is 0. The zero-order valence-electron chi connectivity index (χ0n) is 19.2. The monoisotopic (exact) mass is 473 g/mol. The Labute approximate surface area is 196 Å². The highest BCUT2D eigenvalue weighted by Crippen LogP contribution is 2.28. The van der Waals surface area contributed by atoms with Crippen molar-refractivity contribution >= 4 is 23.9 Å². The minimum absolute atomic E-state index is 0. The molecule has 0 radical (unpaired) electrons. The predicted molar refractivity (Wildman–Crippen MR) is 113 cm³/mol. The average Bonchev–Trinajstić information content (AvgIpc) is 2.68. The second kappa shape index (κ2) is 16.3. The first-order valence-corrected chi connectivity index (χ1v) is 10.8. The van der Waals surface area contributed by atoms with Gasteiger partial charge in [0.25, 0.3) is 0 Å². The van der Waals surface area contributed by atoms with E-state index in [1.165, 1.54) is 6.42 Å². The van der Waals surface area contributed by atoms with Gasteiger partial charge in [0.05, 0.1) is 12.2 Å². The van der Waals surface area contributed by atoms with E-state index < -0.39 is 30.0 Å². The lowest BCUT2D eigenvalue weighted by Gasteiger charge is -2.26. The zero-order chi connectivity index (χ0) is 23.2. The molecular formula is C23H34ClO8-. The molecule has 0 aliphatic heterocycles. The van der Waals surface area contributed by atoms with E-state index in [0.29, 0.717) is 12.3 Å². The van der Waals surface area contributed by atoms with Crippen LogP contribution in [0.4, 0.5) is 0 Å². The topological polar surface area (TPSA) is 105 Å². The van der Waals surface area contributed by atoms with E-state index in [4.69, 9.17) is 18.9 Å². The Kier molecular flexibility index (Phi) is 15.1. The van der Waals surface area contributed by atoms with E-state index in [2.05, 4.69) is 0 Å². The van der Waals surface area contributed by atoms with Gasteiger partial charge < -0.3 is 31.4 Å².